The lowest BCUT2D eigenvalue weighted by molar-refractivity contribution is 0.333. The van der Waals surface area contributed by atoms with Crippen molar-refractivity contribution in [2.24, 2.45) is 5.92 Å². The molecule has 0 unspecified atom stereocenters. The van der Waals surface area contributed by atoms with Gasteiger partial charge < -0.3 is 5.32 Å². The molecule has 15 heavy (non-hydrogen) atoms. The number of nitrogens with one attached hydrogen (secondary N) is 1. The van der Waals surface area contributed by atoms with Crippen molar-refractivity contribution in [1.29, 1.82) is 5.26 Å². The van der Waals surface area contributed by atoms with Crippen molar-refractivity contribution in [1.82, 2.24) is 0 Å². The molecule has 0 saturated heterocycles. The minimum Gasteiger partial charge on any atom is -0.384 e. The summed E-state index contributed by atoms with van der Waals surface area (Å²) in [6, 6.07) is 8.23. The predicted molar refractivity (Wildman–Crippen MR) is 61.7 cm³/mol. The number of hydrogen-bond acceptors (Lipinski definition) is 2. The molecule has 1 aromatic rings. The lowest BCUT2D eigenvalue weighted by atomic mass is 9.85. The third-order valence-electron chi connectivity index (χ3n) is 3.19. The first kappa shape index (κ1) is 10.0. The third-order valence-corrected chi connectivity index (χ3v) is 3.19. The highest BCUT2D eigenvalue weighted by Gasteiger charge is 2.17. The summed E-state index contributed by atoms with van der Waals surface area (Å²) in [6.45, 7) is 2.99. The molecule has 0 heterocycles. The van der Waals surface area contributed by atoms with E-state index in [0.29, 0.717) is 0 Å². The highest BCUT2D eigenvalue weighted by atomic mass is 14.9. The van der Waals surface area contributed by atoms with Crippen LogP contribution in [-0.2, 0) is 0 Å². The van der Waals surface area contributed by atoms with Crippen molar-refractivity contribution in [2.45, 2.75) is 26.2 Å². The maximum absolute atomic E-state index is 9.05. The Bertz CT molecular complexity index is 386. The van der Waals surface area contributed by atoms with Gasteiger partial charge in [0.25, 0.3) is 0 Å². The quantitative estimate of drug-likeness (QED) is 0.813. The van der Waals surface area contributed by atoms with E-state index in [0.717, 1.165) is 29.3 Å². The van der Waals surface area contributed by atoms with Crippen LogP contribution in [0, 0.1) is 24.2 Å². The molecule has 78 valence electrons. The minimum atomic E-state index is 0.789. The van der Waals surface area contributed by atoms with Gasteiger partial charge in [-0.05, 0) is 37.3 Å². The van der Waals surface area contributed by atoms with Crippen molar-refractivity contribution in [3.63, 3.8) is 0 Å². The van der Waals surface area contributed by atoms with E-state index in [1.54, 1.807) is 0 Å². The fourth-order valence-electron chi connectivity index (χ4n) is 1.91. The molecule has 1 aromatic carbocycles. The SMILES string of the molecule is Cc1cccc(NCC2CCC2)c1C#N. The molecule has 1 N–H and O–H groups in total. The van der Waals surface area contributed by atoms with Crippen molar-refractivity contribution < 1.29 is 0 Å². The van der Waals surface area contributed by atoms with Crippen LogP contribution in [0.3, 0.4) is 0 Å². The Morgan fingerprint density at radius 2 is 2.27 bits per heavy atom. The van der Waals surface area contributed by atoms with Crippen molar-refractivity contribution >= 4 is 5.69 Å². The summed E-state index contributed by atoms with van der Waals surface area (Å²) < 4.78 is 0. The zero-order valence-electron chi connectivity index (χ0n) is 9.09. The summed E-state index contributed by atoms with van der Waals surface area (Å²) in [5.74, 6) is 0.817. The van der Waals surface area contributed by atoms with Crippen LogP contribution in [-0.4, -0.2) is 6.54 Å². The monoisotopic (exact) mass is 200 g/mol. The van der Waals surface area contributed by atoms with E-state index < -0.39 is 0 Å². The van der Waals surface area contributed by atoms with Gasteiger partial charge in [0.2, 0.25) is 0 Å². The molecule has 0 radical (unpaired) electrons. The molecule has 1 saturated carbocycles. The fraction of sp³-hybridized carbons (Fsp3) is 0.462. The summed E-state index contributed by atoms with van der Waals surface area (Å²) in [5.41, 5.74) is 2.83. The number of benzene rings is 1. The first-order chi connectivity index (χ1) is 7.31. The zero-order chi connectivity index (χ0) is 10.7. The largest absolute Gasteiger partial charge is 0.384 e. The van der Waals surface area contributed by atoms with Crippen LogP contribution < -0.4 is 5.32 Å². The van der Waals surface area contributed by atoms with E-state index in [2.05, 4.69) is 11.4 Å². The third kappa shape index (κ3) is 2.12. The molecule has 2 heteroatoms. The Hall–Kier alpha value is -1.49. The van der Waals surface area contributed by atoms with E-state index in [1.165, 1.54) is 19.3 Å². The van der Waals surface area contributed by atoms with Crippen LogP contribution >= 0.6 is 0 Å². The van der Waals surface area contributed by atoms with Crippen LogP contribution in [0.1, 0.15) is 30.4 Å². The zero-order valence-corrected chi connectivity index (χ0v) is 9.09. The standard InChI is InChI=1S/C13H16N2/c1-10-4-2-7-13(12(10)8-14)15-9-11-5-3-6-11/h2,4,7,11,15H,3,5-6,9H2,1H3. The van der Waals surface area contributed by atoms with Crippen molar-refractivity contribution in [3.8, 4) is 6.07 Å². The van der Waals surface area contributed by atoms with Crippen molar-refractivity contribution in [2.75, 3.05) is 11.9 Å². The Kier molecular flexibility index (Phi) is 2.91. The van der Waals surface area contributed by atoms with E-state index in [1.807, 2.05) is 25.1 Å². The van der Waals surface area contributed by atoms with Gasteiger partial charge in [-0.3, -0.25) is 0 Å². The average molecular weight is 200 g/mol. The first-order valence-corrected chi connectivity index (χ1v) is 5.55. The Balaban J connectivity index is 2.06. The molecule has 2 rings (SSSR count). The van der Waals surface area contributed by atoms with Crippen LogP contribution in [0.5, 0.6) is 0 Å². The molecule has 0 atom stereocenters. The van der Waals surface area contributed by atoms with Crippen LogP contribution in [0.4, 0.5) is 5.69 Å². The molecule has 2 nitrogen and oxygen atoms in total. The summed E-state index contributed by atoms with van der Waals surface area (Å²) in [4.78, 5) is 0. The van der Waals surface area contributed by atoms with E-state index in [4.69, 9.17) is 5.26 Å². The number of rotatable bonds is 3. The first-order valence-electron chi connectivity index (χ1n) is 5.55. The van der Waals surface area contributed by atoms with Gasteiger partial charge >= 0.3 is 0 Å². The molecule has 1 fully saturated rings. The second-order valence-corrected chi connectivity index (χ2v) is 4.29. The maximum atomic E-state index is 9.05. The topological polar surface area (TPSA) is 35.8 Å². The molecular weight excluding hydrogens is 184 g/mol. The number of nitriles is 1. The van der Waals surface area contributed by atoms with Crippen LogP contribution in [0.25, 0.3) is 0 Å². The lowest BCUT2D eigenvalue weighted by Gasteiger charge is -2.26. The van der Waals surface area contributed by atoms with Gasteiger partial charge in [-0.25, -0.2) is 0 Å². The molecule has 1 aliphatic rings. The molecule has 0 bridgehead atoms. The number of hydrogen-bond donors (Lipinski definition) is 1. The Labute approximate surface area is 90.9 Å². The van der Waals surface area contributed by atoms with E-state index in [9.17, 15) is 0 Å². The maximum Gasteiger partial charge on any atom is 0.102 e. The molecule has 0 amide bonds. The normalized spacial score (nSPS) is 15.5. The van der Waals surface area contributed by atoms with Crippen LogP contribution in [0.15, 0.2) is 18.2 Å². The van der Waals surface area contributed by atoms with Crippen LogP contribution in [0.2, 0.25) is 0 Å². The fourth-order valence-corrected chi connectivity index (χ4v) is 1.91. The molecule has 0 aliphatic heterocycles. The second kappa shape index (κ2) is 4.35. The molecule has 1 aliphatic carbocycles. The average Bonchev–Trinajstić information content (AvgIpc) is 2.15. The number of anilines is 1. The van der Waals surface area contributed by atoms with E-state index >= 15 is 0 Å². The minimum absolute atomic E-state index is 0.789. The summed E-state index contributed by atoms with van der Waals surface area (Å²) >= 11 is 0. The highest BCUT2D eigenvalue weighted by molar-refractivity contribution is 5.60. The van der Waals surface area contributed by atoms with Gasteiger partial charge in [-0.2, -0.15) is 5.26 Å². The predicted octanol–water partition coefficient (Wildman–Crippen LogP) is 3.08. The van der Waals surface area contributed by atoms with Gasteiger partial charge in [0.15, 0.2) is 0 Å². The Morgan fingerprint density at radius 1 is 1.47 bits per heavy atom. The lowest BCUT2D eigenvalue weighted by Crippen LogP contribution is -2.21. The number of nitrogens with zero attached hydrogens (tertiary/aromatic N) is 1. The second-order valence-electron chi connectivity index (χ2n) is 4.29. The van der Waals surface area contributed by atoms with Gasteiger partial charge in [-0.15, -0.1) is 0 Å². The van der Waals surface area contributed by atoms with E-state index in [-0.39, 0.29) is 0 Å². The molecule has 0 aromatic heterocycles. The molecular formula is C13H16N2. The van der Waals surface area contributed by atoms with Gasteiger partial charge in [-0.1, -0.05) is 18.6 Å². The highest BCUT2D eigenvalue weighted by Crippen LogP contribution is 2.27. The van der Waals surface area contributed by atoms with Crippen molar-refractivity contribution in [3.05, 3.63) is 29.3 Å². The number of aryl methyl sites for hydroxylation is 1. The van der Waals surface area contributed by atoms with Gasteiger partial charge in [0.1, 0.15) is 6.07 Å². The molecule has 0 spiro atoms. The summed E-state index contributed by atoms with van der Waals surface area (Å²) in [7, 11) is 0. The Morgan fingerprint density at radius 3 is 2.87 bits per heavy atom. The van der Waals surface area contributed by atoms with Gasteiger partial charge in [0.05, 0.1) is 11.3 Å². The smallest absolute Gasteiger partial charge is 0.102 e. The summed E-state index contributed by atoms with van der Waals surface area (Å²) in [5, 5.41) is 12.4. The summed E-state index contributed by atoms with van der Waals surface area (Å²) in [6.07, 6.45) is 4.03. The van der Waals surface area contributed by atoms with Gasteiger partial charge in [0, 0.05) is 6.54 Å².